The van der Waals surface area contributed by atoms with E-state index >= 15 is 0 Å². The molecular weight excluding hydrogens is 310 g/mol. The van der Waals surface area contributed by atoms with Gasteiger partial charge in [0.25, 0.3) is 0 Å². The summed E-state index contributed by atoms with van der Waals surface area (Å²) < 4.78 is 7.86. The molecule has 1 aromatic rings. The number of thiazole rings is 1. The molecule has 7 heteroatoms. The van der Waals surface area contributed by atoms with E-state index in [1.807, 2.05) is 6.92 Å². The van der Waals surface area contributed by atoms with Crippen LogP contribution in [0.4, 0.5) is 0 Å². The van der Waals surface area contributed by atoms with Crippen molar-refractivity contribution in [2.45, 2.75) is 52.5 Å². The molecule has 1 rings (SSSR count). The Bertz CT molecular complexity index is 548. The molecule has 1 heterocycles. The number of ether oxygens (including phenoxy) is 1. The van der Waals surface area contributed by atoms with E-state index in [2.05, 4.69) is 4.57 Å². The number of esters is 1. The van der Waals surface area contributed by atoms with Gasteiger partial charge in [-0.3, -0.25) is 9.59 Å². The third-order valence-electron chi connectivity index (χ3n) is 3.15. The van der Waals surface area contributed by atoms with Crippen molar-refractivity contribution < 1.29 is 19.4 Å². The van der Waals surface area contributed by atoms with Gasteiger partial charge in [0.05, 0.1) is 6.61 Å². The van der Waals surface area contributed by atoms with Crippen molar-refractivity contribution in [2.24, 2.45) is 0 Å². The molecule has 0 aliphatic heterocycles. The van der Waals surface area contributed by atoms with E-state index in [9.17, 15) is 9.59 Å². The molecule has 0 spiro atoms. The molecule has 0 saturated carbocycles. The number of carbonyl (C=O) groups is 2. The fraction of sp³-hybridized carbons (Fsp3) is 0.643. The summed E-state index contributed by atoms with van der Waals surface area (Å²) >= 11 is 6.92. The van der Waals surface area contributed by atoms with Crippen molar-refractivity contribution in [3.05, 3.63) is 14.5 Å². The van der Waals surface area contributed by atoms with Gasteiger partial charge in [0.1, 0.15) is 0 Å². The number of unbranched alkanes of at least 4 members (excludes halogenated alkanes) is 2. The van der Waals surface area contributed by atoms with E-state index in [1.54, 1.807) is 11.3 Å². The fourth-order valence-electron chi connectivity index (χ4n) is 2.02. The Kier molecular flexibility index (Phi) is 7.60. The van der Waals surface area contributed by atoms with Crippen molar-refractivity contribution in [3.8, 4) is 0 Å². The molecule has 1 aromatic heterocycles. The lowest BCUT2D eigenvalue weighted by atomic mass is 10.2. The standard InChI is InChI=1S/C14H21NO4S2/c1-10-12(7-9-19-11(2)16)21-14(20)15(10)8-5-3-4-6-13(17)18/h3-9H2,1-2H3,(H,17,18). The first-order chi connectivity index (χ1) is 9.91. The van der Waals surface area contributed by atoms with Crippen LogP contribution in [0.25, 0.3) is 0 Å². The highest BCUT2D eigenvalue weighted by molar-refractivity contribution is 7.73. The summed E-state index contributed by atoms with van der Waals surface area (Å²) in [6.07, 6.45) is 3.41. The summed E-state index contributed by atoms with van der Waals surface area (Å²) in [7, 11) is 0. The molecule has 0 amide bonds. The third kappa shape index (κ3) is 6.39. The van der Waals surface area contributed by atoms with Crippen LogP contribution in [-0.2, 0) is 27.3 Å². The molecule has 0 unspecified atom stereocenters. The number of carbonyl (C=O) groups excluding carboxylic acids is 1. The first-order valence-corrected chi connectivity index (χ1v) is 8.18. The summed E-state index contributed by atoms with van der Waals surface area (Å²) in [4.78, 5) is 22.3. The van der Waals surface area contributed by atoms with Crippen molar-refractivity contribution in [1.82, 2.24) is 4.57 Å². The topological polar surface area (TPSA) is 68.5 Å². The normalized spacial score (nSPS) is 10.6. The van der Waals surface area contributed by atoms with Gasteiger partial charge in [0.2, 0.25) is 0 Å². The molecule has 0 saturated heterocycles. The Morgan fingerprint density at radius 3 is 2.67 bits per heavy atom. The second-order valence-corrected chi connectivity index (χ2v) is 6.55. The number of rotatable bonds is 9. The Hall–Kier alpha value is -1.21. The van der Waals surface area contributed by atoms with Gasteiger partial charge in [0, 0.05) is 36.9 Å². The Morgan fingerprint density at radius 2 is 2.05 bits per heavy atom. The second kappa shape index (κ2) is 8.94. The van der Waals surface area contributed by atoms with Crippen LogP contribution in [-0.4, -0.2) is 28.2 Å². The maximum absolute atomic E-state index is 10.8. The second-order valence-electron chi connectivity index (χ2n) is 4.82. The lowest BCUT2D eigenvalue weighted by Crippen LogP contribution is -2.05. The lowest BCUT2D eigenvalue weighted by molar-refractivity contribution is -0.141. The zero-order valence-electron chi connectivity index (χ0n) is 12.4. The Morgan fingerprint density at radius 1 is 1.33 bits per heavy atom. The summed E-state index contributed by atoms with van der Waals surface area (Å²) in [6.45, 7) is 4.61. The predicted octanol–water partition coefficient (Wildman–Crippen LogP) is 3.34. The lowest BCUT2D eigenvalue weighted by Gasteiger charge is -2.06. The average molecular weight is 331 g/mol. The van der Waals surface area contributed by atoms with Crippen LogP contribution >= 0.6 is 23.6 Å². The molecule has 1 N–H and O–H groups in total. The van der Waals surface area contributed by atoms with Gasteiger partial charge in [0.15, 0.2) is 3.95 Å². The van der Waals surface area contributed by atoms with Gasteiger partial charge in [-0.2, -0.15) is 0 Å². The molecule has 0 fully saturated rings. The fourth-order valence-corrected chi connectivity index (χ4v) is 3.55. The first-order valence-electron chi connectivity index (χ1n) is 6.96. The molecule has 0 aromatic carbocycles. The largest absolute Gasteiger partial charge is 0.481 e. The van der Waals surface area contributed by atoms with Crippen LogP contribution in [0, 0.1) is 10.9 Å². The van der Waals surface area contributed by atoms with Crippen LogP contribution in [0.5, 0.6) is 0 Å². The monoisotopic (exact) mass is 331 g/mol. The molecule has 0 radical (unpaired) electrons. The molecule has 0 aliphatic carbocycles. The molecule has 0 bridgehead atoms. The maximum atomic E-state index is 10.8. The maximum Gasteiger partial charge on any atom is 0.303 e. The molecule has 0 aliphatic rings. The van der Waals surface area contributed by atoms with Gasteiger partial charge in [-0.05, 0) is 32.0 Å². The zero-order valence-corrected chi connectivity index (χ0v) is 14.0. The van der Waals surface area contributed by atoms with E-state index in [-0.39, 0.29) is 12.4 Å². The number of carboxylic acid groups (broad SMARTS) is 1. The third-order valence-corrected chi connectivity index (χ3v) is 4.76. The van der Waals surface area contributed by atoms with Gasteiger partial charge in [-0.25, -0.2) is 0 Å². The minimum Gasteiger partial charge on any atom is -0.481 e. The van der Waals surface area contributed by atoms with Crippen molar-refractivity contribution in [1.29, 1.82) is 0 Å². The van der Waals surface area contributed by atoms with E-state index in [4.69, 9.17) is 22.1 Å². The smallest absolute Gasteiger partial charge is 0.303 e. The summed E-state index contributed by atoms with van der Waals surface area (Å²) in [5.41, 5.74) is 1.12. The van der Waals surface area contributed by atoms with Crippen LogP contribution in [0.3, 0.4) is 0 Å². The number of nitrogens with zero attached hydrogens (tertiary/aromatic N) is 1. The number of aliphatic carboxylic acids is 1. The highest BCUT2D eigenvalue weighted by atomic mass is 32.1. The first kappa shape index (κ1) is 17.8. The summed E-state index contributed by atoms with van der Waals surface area (Å²) in [6, 6.07) is 0. The quantitative estimate of drug-likeness (QED) is 0.427. The van der Waals surface area contributed by atoms with Crippen molar-refractivity contribution >= 4 is 35.5 Å². The van der Waals surface area contributed by atoms with Crippen LogP contribution in [0.15, 0.2) is 0 Å². The Balaban J connectivity index is 2.47. The SMILES string of the molecule is CC(=O)OCCc1sc(=S)n(CCCCCC(=O)O)c1C. The zero-order chi connectivity index (χ0) is 15.8. The van der Waals surface area contributed by atoms with E-state index in [0.717, 1.165) is 33.9 Å². The molecule has 0 atom stereocenters. The van der Waals surface area contributed by atoms with Crippen LogP contribution in [0.1, 0.15) is 43.2 Å². The highest BCUT2D eigenvalue weighted by Gasteiger charge is 2.09. The minimum atomic E-state index is -0.744. The van der Waals surface area contributed by atoms with Gasteiger partial charge >= 0.3 is 11.9 Å². The molecular formula is C14H21NO4S2. The van der Waals surface area contributed by atoms with Crippen molar-refractivity contribution in [2.75, 3.05) is 6.61 Å². The van der Waals surface area contributed by atoms with Crippen LogP contribution in [0.2, 0.25) is 0 Å². The number of hydrogen-bond acceptors (Lipinski definition) is 5. The van der Waals surface area contributed by atoms with Gasteiger partial charge < -0.3 is 14.4 Å². The Labute approximate surface area is 133 Å². The molecule has 5 nitrogen and oxygen atoms in total. The number of aromatic nitrogens is 1. The number of hydrogen-bond donors (Lipinski definition) is 1. The highest BCUT2D eigenvalue weighted by Crippen LogP contribution is 2.20. The predicted molar refractivity (Wildman–Crippen MR) is 84.3 cm³/mol. The minimum absolute atomic E-state index is 0.224. The molecule has 21 heavy (non-hydrogen) atoms. The number of carboxylic acids is 1. The van der Waals surface area contributed by atoms with Gasteiger partial charge in [-0.15, -0.1) is 11.3 Å². The van der Waals surface area contributed by atoms with E-state index in [0.29, 0.717) is 19.4 Å². The van der Waals surface area contributed by atoms with E-state index < -0.39 is 5.97 Å². The summed E-state index contributed by atoms with van der Waals surface area (Å²) in [5, 5.41) is 8.59. The molecule has 118 valence electrons. The van der Waals surface area contributed by atoms with Crippen LogP contribution < -0.4 is 0 Å². The summed E-state index contributed by atoms with van der Waals surface area (Å²) in [5.74, 6) is -1.01. The van der Waals surface area contributed by atoms with E-state index in [1.165, 1.54) is 6.92 Å². The van der Waals surface area contributed by atoms with Gasteiger partial charge in [-0.1, -0.05) is 6.42 Å². The average Bonchev–Trinajstić information content (AvgIpc) is 2.65. The van der Waals surface area contributed by atoms with Crippen molar-refractivity contribution in [3.63, 3.8) is 0 Å².